The van der Waals surface area contributed by atoms with Gasteiger partial charge in [-0.25, -0.2) is 8.42 Å². The summed E-state index contributed by atoms with van der Waals surface area (Å²) >= 11 is 0. The summed E-state index contributed by atoms with van der Waals surface area (Å²) in [6.45, 7) is 1.05. The molecule has 0 radical (unpaired) electrons. The van der Waals surface area contributed by atoms with Gasteiger partial charge < -0.3 is 15.0 Å². The Hall–Kier alpha value is -2.91. The van der Waals surface area contributed by atoms with Gasteiger partial charge in [-0.2, -0.15) is 4.31 Å². The van der Waals surface area contributed by atoms with Gasteiger partial charge in [0.25, 0.3) is 5.91 Å². The van der Waals surface area contributed by atoms with Crippen LogP contribution >= 0.6 is 0 Å². The third-order valence-corrected chi connectivity index (χ3v) is 7.09. The average Bonchev–Trinajstić information content (AvgIpc) is 2.75. The number of hydrogen-bond acceptors (Lipinski definition) is 5. The Morgan fingerprint density at radius 1 is 1.00 bits per heavy atom. The first-order chi connectivity index (χ1) is 14.4. The first kappa shape index (κ1) is 20.4. The molecule has 158 valence electrons. The van der Waals surface area contributed by atoms with Crippen LogP contribution in [0, 0.1) is 0 Å². The molecule has 1 fully saturated rings. The minimum Gasteiger partial charge on any atom is -0.478 e. The average molecular weight is 429 g/mol. The summed E-state index contributed by atoms with van der Waals surface area (Å²) in [4.78, 5) is 26.5. The first-order valence-corrected chi connectivity index (χ1v) is 11.4. The number of sulfonamides is 1. The summed E-state index contributed by atoms with van der Waals surface area (Å²) in [6.07, 6.45) is -0.982. The second-order valence-electron chi connectivity index (χ2n) is 7.32. The summed E-state index contributed by atoms with van der Waals surface area (Å²) in [7, 11) is -3.45. The minimum absolute atomic E-state index is 0.0583. The topological polar surface area (TPSA) is 96.0 Å². The van der Waals surface area contributed by atoms with Gasteiger partial charge in [0.1, 0.15) is 5.75 Å². The lowest BCUT2D eigenvalue weighted by molar-refractivity contribution is -0.138. The maximum atomic E-state index is 12.7. The highest BCUT2D eigenvalue weighted by Gasteiger charge is 2.33. The molecule has 9 heteroatoms. The van der Waals surface area contributed by atoms with E-state index >= 15 is 0 Å². The van der Waals surface area contributed by atoms with Crippen molar-refractivity contribution < 1.29 is 22.7 Å². The van der Waals surface area contributed by atoms with E-state index in [9.17, 15) is 18.0 Å². The lowest BCUT2D eigenvalue weighted by Gasteiger charge is -2.35. The van der Waals surface area contributed by atoms with Gasteiger partial charge in [-0.05, 0) is 17.7 Å². The van der Waals surface area contributed by atoms with Crippen molar-refractivity contribution in [3.05, 3.63) is 60.2 Å². The Kier molecular flexibility index (Phi) is 5.74. The Balaban J connectivity index is 1.32. The van der Waals surface area contributed by atoms with Gasteiger partial charge >= 0.3 is 0 Å². The molecular formula is C21H23N3O5S. The number of fused-ring (bicyclic) bond motifs is 1. The largest absolute Gasteiger partial charge is 0.478 e. The molecule has 0 saturated carbocycles. The lowest BCUT2D eigenvalue weighted by atomic mass is 10.1. The Labute approximate surface area is 175 Å². The molecule has 2 amide bonds. The van der Waals surface area contributed by atoms with Crippen molar-refractivity contribution in [2.45, 2.75) is 18.3 Å². The predicted octanol–water partition coefficient (Wildman–Crippen LogP) is 1.45. The molecule has 4 rings (SSSR count). The molecule has 1 atom stereocenters. The maximum Gasteiger partial charge on any atom is 0.266 e. The first-order valence-electron chi connectivity index (χ1n) is 9.78. The van der Waals surface area contributed by atoms with E-state index in [1.165, 1.54) is 4.31 Å². The third kappa shape index (κ3) is 4.47. The molecule has 1 unspecified atom stereocenters. The van der Waals surface area contributed by atoms with Crippen LogP contribution in [-0.4, -0.2) is 61.7 Å². The molecule has 2 aliphatic rings. The molecule has 30 heavy (non-hydrogen) atoms. The van der Waals surface area contributed by atoms with Crippen molar-refractivity contribution in [2.75, 3.05) is 31.5 Å². The molecule has 0 spiro atoms. The monoisotopic (exact) mass is 429 g/mol. The number of para-hydroxylation sites is 2. The van der Waals surface area contributed by atoms with Gasteiger partial charge in [-0.3, -0.25) is 9.59 Å². The number of nitrogens with one attached hydrogen (secondary N) is 1. The van der Waals surface area contributed by atoms with Crippen LogP contribution in [0.3, 0.4) is 0 Å². The second kappa shape index (κ2) is 8.45. The van der Waals surface area contributed by atoms with Crippen molar-refractivity contribution in [3.8, 4) is 5.75 Å². The number of carbonyl (C=O) groups excluding carboxylic acids is 2. The van der Waals surface area contributed by atoms with E-state index < -0.39 is 16.1 Å². The van der Waals surface area contributed by atoms with Crippen LogP contribution in [0.4, 0.5) is 5.69 Å². The molecule has 0 aromatic heterocycles. The molecule has 0 bridgehead atoms. The fourth-order valence-electron chi connectivity index (χ4n) is 3.61. The number of anilines is 1. The zero-order valence-electron chi connectivity index (χ0n) is 16.4. The van der Waals surface area contributed by atoms with E-state index in [0.717, 1.165) is 5.56 Å². The van der Waals surface area contributed by atoms with Gasteiger partial charge in [0, 0.05) is 26.2 Å². The van der Waals surface area contributed by atoms with Crippen LogP contribution in [-0.2, 0) is 25.4 Å². The second-order valence-corrected chi connectivity index (χ2v) is 9.29. The number of piperazine rings is 1. The fourth-order valence-corrected chi connectivity index (χ4v) is 5.12. The van der Waals surface area contributed by atoms with Crippen LogP contribution in [0.2, 0.25) is 0 Å². The fraction of sp³-hybridized carbons (Fsp3) is 0.333. The van der Waals surface area contributed by atoms with Crippen molar-refractivity contribution in [3.63, 3.8) is 0 Å². The number of ether oxygens (including phenoxy) is 1. The van der Waals surface area contributed by atoms with E-state index in [1.807, 2.05) is 18.2 Å². The molecular weight excluding hydrogens is 406 g/mol. The van der Waals surface area contributed by atoms with Gasteiger partial charge in [0.2, 0.25) is 15.9 Å². The lowest BCUT2D eigenvalue weighted by Crippen LogP contribution is -2.52. The highest BCUT2D eigenvalue weighted by Crippen LogP contribution is 2.29. The van der Waals surface area contributed by atoms with Crippen LogP contribution < -0.4 is 10.1 Å². The van der Waals surface area contributed by atoms with Gasteiger partial charge in [0.05, 0.1) is 17.9 Å². The third-order valence-electron chi connectivity index (χ3n) is 5.24. The molecule has 1 N–H and O–H groups in total. The summed E-state index contributed by atoms with van der Waals surface area (Å²) in [5.41, 5.74) is 1.32. The molecule has 2 aromatic rings. The predicted molar refractivity (Wildman–Crippen MR) is 111 cm³/mol. The standard InChI is InChI=1S/C21H23N3O5S/c25-20(14-19-21(26)22-17-8-4-5-9-18(17)29-19)23-10-12-24(13-11-23)30(27,28)15-16-6-2-1-3-7-16/h1-9,19H,10-15H2,(H,22,26). The minimum atomic E-state index is -3.45. The van der Waals surface area contributed by atoms with Crippen molar-refractivity contribution >= 4 is 27.5 Å². The SMILES string of the molecule is O=C1Nc2ccccc2OC1CC(=O)N1CCN(S(=O)(=O)Cc2ccccc2)CC1. The van der Waals surface area contributed by atoms with Gasteiger partial charge in [0.15, 0.2) is 6.10 Å². The molecule has 8 nitrogen and oxygen atoms in total. The molecule has 0 aliphatic carbocycles. The smallest absolute Gasteiger partial charge is 0.266 e. The molecule has 2 aromatic carbocycles. The number of rotatable bonds is 5. The number of carbonyl (C=O) groups is 2. The van der Waals surface area contributed by atoms with Crippen LogP contribution in [0.5, 0.6) is 5.75 Å². The summed E-state index contributed by atoms with van der Waals surface area (Å²) in [5, 5.41) is 2.75. The van der Waals surface area contributed by atoms with Crippen LogP contribution in [0.1, 0.15) is 12.0 Å². The normalized spacial score (nSPS) is 19.5. The van der Waals surface area contributed by atoms with Crippen LogP contribution in [0.25, 0.3) is 0 Å². The number of benzene rings is 2. The Bertz CT molecular complexity index is 1030. The highest BCUT2D eigenvalue weighted by molar-refractivity contribution is 7.88. The van der Waals surface area contributed by atoms with E-state index in [-0.39, 0.29) is 50.2 Å². The van der Waals surface area contributed by atoms with E-state index in [4.69, 9.17) is 4.74 Å². The quantitative estimate of drug-likeness (QED) is 0.776. The summed E-state index contributed by atoms with van der Waals surface area (Å²) < 4.78 is 32.4. The molecule has 2 heterocycles. The van der Waals surface area contributed by atoms with Gasteiger partial charge in [-0.1, -0.05) is 42.5 Å². The van der Waals surface area contributed by atoms with Crippen molar-refractivity contribution in [2.24, 2.45) is 0 Å². The Morgan fingerprint density at radius 2 is 1.67 bits per heavy atom. The van der Waals surface area contributed by atoms with E-state index in [0.29, 0.717) is 11.4 Å². The van der Waals surface area contributed by atoms with Gasteiger partial charge in [-0.15, -0.1) is 0 Å². The Morgan fingerprint density at radius 3 is 2.40 bits per heavy atom. The van der Waals surface area contributed by atoms with E-state index in [2.05, 4.69) is 5.32 Å². The number of amides is 2. The number of hydrogen-bond donors (Lipinski definition) is 1. The van der Waals surface area contributed by atoms with Crippen LogP contribution in [0.15, 0.2) is 54.6 Å². The zero-order chi connectivity index (χ0) is 21.1. The van der Waals surface area contributed by atoms with Crippen molar-refractivity contribution in [1.29, 1.82) is 0 Å². The maximum absolute atomic E-state index is 12.7. The van der Waals surface area contributed by atoms with Crippen molar-refractivity contribution in [1.82, 2.24) is 9.21 Å². The number of nitrogens with zero attached hydrogens (tertiary/aromatic N) is 2. The summed E-state index contributed by atoms with van der Waals surface area (Å²) in [5.74, 6) is -0.107. The molecule has 1 saturated heterocycles. The highest BCUT2D eigenvalue weighted by atomic mass is 32.2. The zero-order valence-corrected chi connectivity index (χ0v) is 17.2. The summed E-state index contributed by atoms with van der Waals surface area (Å²) in [6, 6.07) is 16.1. The van der Waals surface area contributed by atoms with E-state index in [1.54, 1.807) is 41.3 Å². The molecule has 2 aliphatic heterocycles.